The number of rotatable bonds is 4. The molecule has 2 aromatic rings. The van der Waals surface area contributed by atoms with Crippen LogP contribution in [0.4, 0.5) is 11.5 Å². The largest absolute Gasteiger partial charge is 0.387 e. The molecular formula is C13H12BrN3O2. The number of halogens is 1. The van der Waals surface area contributed by atoms with Gasteiger partial charge >= 0.3 is 5.82 Å². The first-order valence-electron chi connectivity index (χ1n) is 5.69. The SMILES string of the molecule is CC(Nc1cc(Br)cnc1[N+](=O)[O-])c1ccccc1. The molecule has 0 radical (unpaired) electrons. The van der Waals surface area contributed by atoms with Crippen LogP contribution in [0.3, 0.4) is 0 Å². The molecule has 0 aliphatic heterocycles. The Balaban J connectivity index is 2.28. The smallest absolute Gasteiger partial charge is 0.372 e. The average molecular weight is 322 g/mol. The van der Waals surface area contributed by atoms with Crippen LogP contribution in [0.15, 0.2) is 47.1 Å². The van der Waals surface area contributed by atoms with Gasteiger partial charge in [-0.2, -0.15) is 0 Å². The first kappa shape index (κ1) is 13.5. The first-order chi connectivity index (χ1) is 9.08. The van der Waals surface area contributed by atoms with Crippen molar-refractivity contribution in [2.45, 2.75) is 13.0 Å². The standard InChI is InChI=1S/C13H12BrN3O2/c1-9(10-5-3-2-4-6-10)16-12-7-11(14)8-15-13(12)17(18)19/h2-9,16H,1H3. The van der Waals surface area contributed by atoms with Gasteiger partial charge in [0.2, 0.25) is 0 Å². The molecule has 1 heterocycles. The topological polar surface area (TPSA) is 68.1 Å². The molecule has 1 aromatic carbocycles. The van der Waals surface area contributed by atoms with Gasteiger partial charge in [0.15, 0.2) is 6.20 Å². The quantitative estimate of drug-likeness (QED) is 0.684. The number of nitro groups is 1. The summed E-state index contributed by atoms with van der Waals surface area (Å²) < 4.78 is 0.695. The molecule has 1 aromatic heterocycles. The minimum atomic E-state index is -0.494. The molecule has 19 heavy (non-hydrogen) atoms. The van der Waals surface area contributed by atoms with Crippen molar-refractivity contribution in [3.8, 4) is 0 Å². The molecule has 98 valence electrons. The maximum Gasteiger partial charge on any atom is 0.387 e. The van der Waals surface area contributed by atoms with E-state index >= 15 is 0 Å². The van der Waals surface area contributed by atoms with Crippen molar-refractivity contribution in [2.24, 2.45) is 0 Å². The van der Waals surface area contributed by atoms with Crippen LogP contribution >= 0.6 is 15.9 Å². The Labute approximate surface area is 119 Å². The van der Waals surface area contributed by atoms with Crippen molar-refractivity contribution in [1.29, 1.82) is 0 Å². The maximum absolute atomic E-state index is 10.9. The summed E-state index contributed by atoms with van der Waals surface area (Å²) in [6, 6.07) is 11.3. The van der Waals surface area contributed by atoms with Gasteiger partial charge in [-0.05, 0) is 44.4 Å². The van der Waals surface area contributed by atoms with E-state index in [1.807, 2.05) is 37.3 Å². The predicted molar refractivity (Wildman–Crippen MR) is 77.1 cm³/mol. The Kier molecular flexibility index (Phi) is 4.11. The molecule has 0 bridgehead atoms. The Hall–Kier alpha value is -1.95. The van der Waals surface area contributed by atoms with E-state index in [1.165, 1.54) is 6.20 Å². The lowest BCUT2D eigenvalue weighted by atomic mass is 10.1. The van der Waals surface area contributed by atoms with Crippen molar-refractivity contribution >= 4 is 27.4 Å². The Bertz CT molecular complexity index is 590. The zero-order valence-corrected chi connectivity index (χ0v) is 11.8. The summed E-state index contributed by atoms with van der Waals surface area (Å²) in [5.41, 5.74) is 1.45. The Morgan fingerprint density at radius 2 is 2.05 bits per heavy atom. The number of nitrogens with zero attached hydrogens (tertiary/aromatic N) is 2. The average Bonchev–Trinajstić information content (AvgIpc) is 2.39. The van der Waals surface area contributed by atoms with Crippen LogP contribution in [0, 0.1) is 10.1 Å². The van der Waals surface area contributed by atoms with Gasteiger partial charge in [-0.1, -0.05) is 30.3 Å². The normalized spacial score (nSPS) is 11.9. The number of anilines is 1. The van der Waals surface area contributed by atoms with E-state index < -0.39 is 4.92 Å². The second kappa shape index (κ2) is 5.79. The van der Waals surface area contributed by atoms with E-state index in [0.717, 1.165) is 5.56 Å². The summed E-state index contributed by atoms with van der Waals surface area (Å²) in [5.74, 6) is -0.175. The molecule has 2 rings (SSSR count). The van der Waals surface area contributed by atoms with Gasteiger partial charge in [-0.3, -0.25) is 0 Å². The molecule has 1 N–H and O–H groups in total. The highest BCUT2D eigenvalue weighted by molar-refractivity contribution is 9.10. The molecule has 1 atom stereocenters. The van der Waals surface area contributed by atoms with Crippen molar-refractivity contribution in [2.75, 3.05) is 5.32 Å². The molecule has 6 heteroatoms. The molecule has 1 unspecified atom stereocenters. The molecule has 0 saturated carbocycles. The lowest BCUT2D eigenvalue weighted by Crippen LogP contribution is -2.09. The van der Waals surface area contributed by atoms with Crippen LogP contribution in [0.5, 0.6) is 0 Å². The second-order valence-electron chi connectivity index (χ2n) is 4.06. The first-order valence-corrected chi connectivity index (χ1v) is 6.48. The van der Waals surface area contributed by atoms with Crippen LogP contribution in [-0.2, 0) is 0 Å². The summed E-state index contributed by atoms with van der Waals surface area (Å²) in [6.07, 6.45) is 1.41. The summed E-state index contributed by atoms with van der Waals surface area (Å²) in [7, 11) is 0. The number of hydrogen-bond acceptors (Lipinski definition) is 4. The van der Waals surface area contributed by atoms with E-state index in [4.69, 9.17) is 0 Å². The molecule has 0 saturated heterocycles. The van der Waals surface area contributed by atoms with E-state index in [1.54, 1.807) is 6.07 Å². The third-order valence-corrected chi connectivity index (χ3v) is 3.11. The van der Waals surface area contributed by atoms with Crippen molar-refractivity contribution < 1.29 is 4.92 Å². The van der Waals surface area contributed by atoms with Gasteiger partial charge in [0.1, 0.15) is 5.69 Å². The highest BCUT2D eigenvalue weighted by Crippen LogP contribution is 2.28. The fraction of sp³-hybridized carbons (Fsp3) is 0.154. The molecule has 0 fully saturated rings. The van der Waals surface area contributed by atoms with E-state index in [0.29, 0.717) is 10.2 Å². The van der Waals surface area contributed by atoms with E-state index in [2.05, 4.69) is 26.2 Å². The Morgan fingerprint density at radius 3 is 2.68 bits per heavy atom. The van der Waals surface area contributed by atoms with Gasteiger partial charge in [0.25, 0.3) is 0 Å². The van der Waals surface area contributed by atoms with Gasteiger partial charge in [0, 0.05) is 6.04 Å². The molecular weight excluding hydrogens is 310 g/mol. The molecule has 0 aliphatic carbocycles. The highest BCUT2D eigenvalue weighted by Gasteiger charge is 2.17. The minimum absolute atomic E-state index is 0.0454. The highest BCUT2D eigenvalue weighted by atomic mass is 79.9. The number of nitrogens with one attached hydrogen (secondary N) is 1. The maximum atomic E-state index is 10.9. The zero-order chi connectivity index (χ0) is 13.8. The monoisotopic (exact) mass is 321 g/mol. The lowest BCUT2D eigenvalue weighted by molar-refractivity contribution is -0.388. The zero-order valence-electron chi connectivity index (χ0n) is 10.2. The molecule has 0 spiro atoms. The summed E-state index contributed by atoms with van der Waals surface area (Å²) in [4.78, 5) is 14.3. The molecule has 5 nitrogen and oxygen atoms in total. The third kappa shape index (κ3) is 3.29. The van der Waals surface area contributed by atoms with Gasteiger partial charge in [0.05, 0.1) is 4.47 Å². The molecule has 0 amide bonds. The summed E-state index contributed by atoms with van der Waals surface area (Å²) in [5, 5.41) is 14.1. The fourth-order valence-corrected chi connectivity index (χ4v) is 2.07. The Morgan fingerprint density at radius 1 is 1.37 bits per heavy atom. The predicted octanol–water partition coefficient (Wildman–Crippen LogP) is 3.93. The van der Waals surface area contributed by atoms with E-state index in [-0.39, 0.29) is 11.9 Å². The summed E-state index contributed by atoms with van der Waals surface area (Å²) in [6.45, 7) is 1.94. The number of aromatic nitrogens is 1. The van der Waals surface area contributed by atoms with Crippen molar-refractivity contribution in [1.82, 2.24) is 4.98 Å². The van der Waals surface area contributed by atoms with Crippen LogP contribution in [0.25, 0.3) is 0 Å². The number of hydrogen-bond donors (Lipinski definition) is 1. The summed E-state index contributed by atoms with van der Waals surface area (Å²) >= 11 is 3.27. The van der Waals surface area contributed by atoms with Gasteiger partial charge in [-0.25, -0.2) is 0 Å². The minimum Gasteiger partial charge on any atom is -0.372 e. The molecule has 0 aliphatic rings. The van der Waals surface area contributed by atoms with Crippen LogP contribution in [0.1, 0.15) is 18.5 Å². The van der Waals surface area contributed by atoms with Crippen molar-refractivity contribution in [3.63, 3.8) is 0 Å². The van der Waals surface area contributed by atoms with Crippen LogP contribution in [0.2, 0.25) is 0 Å². The van der Waals surface area contributed by atoms with Crippen LogP contribution in [-0.4, -0.2) is 9.91 Å². The van der Waals surface area contributed by atoms with Gasteiger partial charge in [-0.15, -0.1) is 0 Å². The lowest BCUT2D eigenvalue weighted by Gasteiger charge is -2.15. The number of pyridine rings is 1. The second-order valence-corrected chi connectivity index (χ2v) is 4.97. The fourth-order valence-electron chi connectivity index (χ4n) is 1.74. The third-order valence-electron chi connectivity index (χ3n) is 2.68. The van der Waals surface area contributed by atoms with Crippen LogP contribution < -0.4 is 5.32 Å². The van der Waals surface area contributed by atoms with Crippen molar-refractivity contribution in [3.05, 3.63) is 62.7 Å². The van der Waals surface area contributed by atoms with Gasteiger partial charge < -0.3 is 15.4 Å². The van der Waals surface area contributed by atoms with E-state index in [9.17, 15) is 10.1 Å². The number of benzene rings is 1.